The highest BCUT2D eigenvalue weighted by atomic mass is 32.1. The summed E-state index contributed by atoms with van der Waals surface area (Å²) in [7, 11) is 0. The first-order valence-corrected chi connectivity index (χ1v) is 9.69. The van der Waals surface area contributed by atoms with Gasteiger partial charge in [-0.2, -0.15) is 0 Å². The van der Waals surface area contributed by atoms with Gasteiger partial charge in [0.25, 0.3) is 5.91 Å². The van der Waals surface area contributed by atoms with Crippen LogP contribution in [0.3, 0.4) is 0 Å². The lowest BCUT2D eigenvalue weighted by Gasteiger charge is -2.17. The molecule has 6 heteroatoms. The first-order chi connectivity index (χ1) is 14.0. The van der Waals surface area contributed by atoms with E-state index in [2.05, 4.69) is 35.0 Å². The Labute approximate surface area is 175 Å². The van der Waals surface area contributed by atoms with Gasteiger partial charge in [0.1, 0.15) is 5.82 Å². The number of rotatable bonds is 6. The predicted molar refractivity (Wildman–Crippen MR) is 120 cm³/mol. The Hall–Kier alpha value is -3.25. The van der Waals surface area contributed by atoms with Crippen LogP contribution < -0.4 is 16.0 Å². The van der Waals surface area contributed by atoms with Gasteiger partial charge in [-0.3, -0.25) is 4.79 Å². The maximum Gasteiger partial charge on any atom is 0.258 e. The van der Waals surface area contributed by atoms with E-state index in [0.717, 1.165) is 12.1 Å². The van der Waals surface area contributed by atoms with Crippen LogP contribution in [0.25, 0.3) is 0 Å². The van der Waals surface area contributed by atoms with E-state index in [1.165, 1.54) is 17.7 Å². The van der Waals surface area contributed by atoms with Crippen molar-refractivity contribution in [2.45, 2.75) is 19.4 Å². The topological polar surface area (TPSA) is 53.2 Å². The van der Waals surface area contributed by atoms with E-state index < -0.39 is 11.7 Å². The molecule has 0 saturated carbocycles. The van der Waals surface area contributed by atoms with Crippen molar-refractivity contribution >= 4 is 34.6 Å². The fourth-order valence-electron chi connectivity index (χ4n) is 2.89. The zero-order valence-electron chi connectivity index (χ0n) is 16.0. The van der Waals surface area contributed by atoms with Crippen molar-refractivity contribution < 1.29 is 9.18 Å². The van der Waals surface area contributed by atoms with Crippen molar-refractivity contribution in [2.75, 3.05) is 10.6 Å². The Morgan fingerprint density at radius 2 is 1.48 bits per heavy atom. The van der Waals surface area contributed by atoms with Crippen LogP contribution >= 0.6 is 12.2 Å². The van der Waals surface area contributed by atoms with Crippen molar-refractivity contribution in [2.24, 2.45) is 0 Å². The molecule has 1 unspecified atom stereocenters. The van der Waals surface area contributed by atoms with Gasteiger partial charge in [-0.05, 0) is 67.5 Å². The Balaban J connectivity index is 1.51. The molecule has 3 aromatic carbocycles. The maximum atomic E-state index is 13.7. The molecular weight excluding hydrogens is 385 g/mol. The third-order valence-electron chi connectivity index (χ3n) is 4.28. The fourth-order valence-corrected chi connectivity index (χ4v) is 3.21. The molecule has 0 bridgehead atoms. The van der Waals surface area contributed by atoms with Crippen molar-refractivity contribution in [3.63, 3.8) is 0 Å². The monoisotopic (exact) mass is 407 g/mol. The maximum absolute atomic E-state index is 13.7. The summed E-state index contributed by atoms with van der Waals surface area (Å²) in [6, 6.07) is 23.3. The van der Waals surface area contributed by atoms with Crippen LogP contribution in [0.4, 0.5) is 15.8 Å². The van der Waals surface area contributed by atoms with Gasteiger partial charge in [0.05, 0.1) is 5.56 Å². The lowest BCUT2D eigenvalue weighted by molar-refractivity contribution is 0.102. The van der Waals surface area contributed by atoms with Gasteiger partial charge >= 0.3 is 0 Å². The van der Waals surface area contributed by atoms with Crippen LogP contribution in [0.5, 0.6) is 0 Å². The van der Waals surface area contributed by atoms with E-state index in [0.29, 0.717) is 10.8 Å². The molecule has 0 aromatic heterocycles. The summed E-state index contributed by atoms with van der Waals surface area (Å²) >= 11 is 5.38. The molecule has 0 radical (unpaired) electrons. The largest absolute Gasteiger partial charge is 0.360 e. The molecule has 0 saturated heterocycles. The average Bonchev–Trinajstić information content (AvgIpc) is 2.70. The Morgan fingerprint density at radius 3 is 2.14 bits per heavy atom. The number of amides is 1. The van der Waals surface area contributed by atoms with E-state index in [4.69, 9.17) is 12.2 Å². The SMILES string of the molecule is CC(Cc1ccccc1)NC(=S)Nc1ccc(NC(=O)c2ccccc2F)cc1. The molecule has 3 N–H and O–H groups in total. The summed E-state index contributed by atoms with van der Waals surface area (Å²) in [6.45, 7) is 2.07. The molecular formula is C23H22FN3OS. The molecule has 0 aliphatic carbocycles. The Morgan fingerprint density at radius 1 is 0.897 bits per heavy atom. The standard InChI is InChI=1S/C23H22FN3OS/c1-16(15-17-7-3-2-4-8-17)25-23(29)27-19-13-11-18(12-14-19)26-22(28)20-9-5-6-10-21(20)24/h2-14,16H,15H2,1H3,(H,26,28)(H2,25,27,29). The molecule has 0 aliphatic heterocycles. The highest BCUT2D eigenvalue weighted by Gasteiger charge is 2.11. The fraction of sp³-hybridized carbons (Fsp3) is 0.130. The number of hydrogen-bond acceptors (Lipinski definition) is 2. The van der Waals surface area contributed by atoms with Gasteiger partial charge in [0.2, 0.25) is 0 Å². The zero-order valence-corrected chi connectivity index (χ0v) is 16.8. The number of nitrogens with one attached hydrogen (secondary N) is 3. The number of thiocarbonyl (C=S) groups is 1. The second-order valence-electron chi connectivity index (χ2n) is 6.70. The van der Waals surface area contributed by atoms with Gasteiger partial charge in [-0.1, -0.05) is 42.5 Å². The molecule has 1 amide bonds. The number of halogens is 1. The number of anilines is 2. The minimum Gasteiger partial charge on any atom is -0.360 e. The zero-order chi connectivity index (χ0) is 20.6. The van der Waals surface area contributed by atoms with Crippen molar-refractivity contribution in [3.05, 3.63) is 95.8 Å². The van der Waals surface area contributed by atoms with Crippen LogP contribution in [0.2, 0.25) is 0 Å². The summed E-state index contributed by atoms with van der Waals surface area (Å²) in [5.41, 5.74) is 2.61. The first kappa shape index (κ1) is 20.5. The quantitative estimate of drug-likeness (QED) is 0.504. The van der Waals surface area contributed by atoms with E-state index >= 15 is 0 Å². The van der Waals surface area contributed by atoms with Gasteiger partial charge < -0.3 is 16.0 Å². The molecule has 1 atom stereocenters. The highest BCUT2D eigenvalue weighted by Crippen LogP contribution is 2.16. The average molecular weight is 408 g/mol. The molecule has 4 nitrogen and oxygen atoms in total. The number of carbonyl (C=O) groups is 1. The second kappa shape index (κ2) is 9.80. The van der Waals surface area contributed by atoms with Gasteiger partial charge in [0, 0.05) is 17.4 Å². The minimum atomic E-state index is -0.552. The van der Waals surface area contributed by atoms with Gasteiger partial charge in [-0.25, -0.2) is 4.39 Å². The van der Waals surface area contributed by atoms with Crippen molar-refractivity contribution in [1.82, 2.24) is 5.32 Å². The summed E-state index contributed by atoms with van der Waals surface area (Å²) in [5.74, 6) is -1.04. The van der Waals surface area contributed by atoms with Crippen LogP contribution in [0.1, 0.15) is 22.8 Å². The molecule has 0 spiro atoms. The van der Waals surface area contributed by atoms with Crippen LogP contribution in [0, 0.1) is 5.82 Å². The minimum absolute atomic E-state index is 0.00693. The van der Waals surface area contributed by atoms with Crippen LogP contribution in [0.15, 0.2) is 78.9 Å². The Bertz CT molecular complexity index is 977. The first-order valence-electron chi connectivity index (χ1n) is 9.28. The molecule has 3 aromatic rings. The Kier molecular flexibility index (Phi) is 6.92. The third-order valence-corrected chi connectivity index (χ3v) is 4.50. The lowest BCUT2D eigenvalue weighted by Crippen LogP contribution is -2.37. The third kappa shape index (κ3) is 6.12. The molecule has 29 heavy (non-hydrogen) atoms. The van der Waals surface area contributed by atoms with Crippen molar-refractivity contribution in [1.29, 1.82) is 0 Å². The summed E-state index contributed by atoms with van der Waals surface area (Å²) in [4.78, 5) is 12.2. The van der Waals surface area contributed by atoms with E-state index in [1.807, 2.05) is 18.2 Å². The van der Waals surface area contributed by atoms with E-state index in [1.54, 1.807) is 36.4 Å². The van der Waals surface area contributed by atoms with Crippen LogP contribution in [-0.2, 0) is 6.42 Å². The molecule has 0 aliphatic rings. The van der Waals surface area contributed by atoms with Gasteiger partial charge in [0.15, 0.2) is 5.11 Å². The number of carbonyl (C=O) groups excluding carboxylic acids is 1. The summed E-state index contributed by atoms with van der Waals surface area (Å²) in [5, 5.41) is 9.60. The normalized spacial score (nSPS) is 11.4. The summed E-state index contributed by atoms with van der Waals surface area (Å²) in [6.07, 6.45) is 0.865. The second-order valence-corrected chi connectivity index (χ2v) is 7.11. The van der Waals surface area contributed by atoms with E-state index in [9.17, 15) is 9.18 Å². The summed E-state index contributed by atoms with van der Waals surface area (Å²) < 4.78 is 13.7. The van der Waals surface area contributed by atoms with E-state index in [-0.39, 0.29) is 11.6 Å². The molecule has 0 heterocycles. The molecule has 3 rings (SSSR count). The van der Waals surface area contributed by atoms with Gasteiger partial charge in [-0.15, -0.1) is 0 Å². The highest BCUT2D eigenvalue weighted by molar-refractivity contribution is 7.80. The molecule has 0 fully saturated rings. The van der Waals surface area contributed by atoms with Crippen LogP contribution in [-0.4, -0.2) is 17.1 Å². The van der Waals surface area contributed by atoms with Crippen molar-refractivity contribution in [3.8, 4) is 0 Å². The number of benzene rings is 3. The lowest BCUT2D eigenvalue weighted by atomic mass is 10.1. The number of hydrogen-bond donors (Lipinski definition) is 3. The predicted octanol–water partition coefficient (Wildman–Crippen LogP) is 5.00. The molecule has 148 valence electrons. The smallest absolute Gasteiger partial charge is 0.258 e.